The lowest BCUT2D eigenvalue weighted by atomic mass is 9.80. The summed E-state index contributed by atoms with van der Waals surface area (Å²) in [5.41, 5.74) is 3.54. The number of H-pyrrole nitrogens is 1. The minimum Gasteiger partial charge on any atom is -0.342 e. The molecule has 194 valence electrons. The SMILES string of the molecule is Cc1ccccc1CN1C(=O)C(CC(C)C)NC(=O)C12CCN(Cc1cnc(-c3ccccc3)[nH]1)CC2. The Kier molecular flexibility index (Phi) is 7.15. The van der Waals surface area contributed by atoms with Gasteiger partial charge in [-0.15, -0.1) is 0 Å². The largest absolute Gasteiger partial charge is 0.342 e. The number of aromatic nitrogens is 2. The molecule has 2 amide bonds. The van der Waals surface area contributed by atoms with E-state index >= 15 is 0 Å². The fourth-order valence-electron chi connectivity index (χ4n) is 5.70. The minimum absolute atomic E-state index is 0.00103. The molecule has 37 heavy (non-hydrogen) atoms. The Bertz CT molecular complexity index is 1240. The number of aromatic amines is 1. The van der Waals surface area contributed by atoms with Gasteiger partial charge in [0.05, 0.1) is 0 Å². The van der Waals surface area contributed by atoms with Crippen LogP contribution in [0.3, 0.4) is 0 Å². The molecule has 2 saturated heterocycles. The number of carbonyl (C=O) groups is 2. The number of aryl methyl sites for hydroxylation is 1. The molecule has 1 spiro atoms. The second-order valence-corrected chi connectivity index (χ2v) is 10.9. The lowest BCUT2D eigenvalue weighted by molar-refractivity contribution is -0.162. The van der Waals surface area contributed by atoms with E-state index in [-0.39, 0.29) is 11.8 Å². The maximum atomic E-state index is 13.8. The standard InChI is InChI=1S/C30H37N5O2/c1-21(2)17-26-28(36)35(19-24-12-8-7-9-22(24)3)30(29(37)33-26)13-15-34(16-14-30)20-25-18-31-27(32-25)23-10-5-4-6-11-23/h4-12,18,21,26H,13-17,19-20H2,1-3H3,(H,31,32)(H,33,37). The Morgan fingerprint density at radius 1 is 1.00 bits per heavy atom. The van der Waals surface area contributed by atoms with Crippen molar-refractivity contribution in [1.82, 2.24) is 25.1 Å². The van der Waals surface area contributed by atoms with Crippen molar-refractivity contribution in [1.29, 1.82) is 0 Å². The maximum absolute atomic E-state index is 13.8. The van der Waals surface area contributed by atoms with Gasteiger partial charge in [0, 0.05) is 43.6 Å². The van der Waals surface area contributed by atoms with Crippen LogP contribution in [0.1, 0.15) is 49.9 Å². The van der Waals surface area contributed by atoms with Gasteiger partial charge in [-0.05, 0) is 43.2 Å². The highest BCUT2D eigenvalue weighted by molar-refractivity contribution is 6.00. The average molecular weight is 500 g/mol. The second-order valence-electron chi connectivity index (χ2n) is 10.9. The number of imidazole rings is 1. The van der Waals surface area contributed by atoms with Crippen LogP contribution in [-0.2, 0) is 22.7 Å². The first-order valence-corrected chi connectivity index (χ1v) is 13.3. The molecule has 2 N–H and O–H groups in total. The van der Waals surface area contributed by atoms with Gasteiger partial charge in [0.2, 0.25) is 11.8 Å². The molecule has 0 bridgehead atoms. The Morgan fingerprint density at radius 3 is 2.41 bits per heavy atom. The van der Waals surface area contributed by atoms with Crippen LogP contribution in [0.4, 0.5) is 0 Å². The summed E-state index contributed by atoms with van der Waals surface area (Å²) in [7, 11) is 0. The molecule has 0 radical (unpaired) electrons. The van der Waals surface area contributed by atoms with Crippen molar-refractivity contribution < 1.29 is 9.59 Å². The van der Waals surface area contributed by atoms with Crippen molar-refractivity contribution >= 4 is 11.8 Å². The number of carbonyl (C=O) groups excluding carboxylic acids is 2. The van der Waals surface area contributed by atoms with E-state index in [1.165, 1.54) is 0 Å². The van der Waals surface area contributed by atoms with E-state index in [2.05, 4.69) is 53.1 Å². The Morgan fingerprint density at radius 2 is 1.70 bits per heavy atom. The van der Waals surface area contributed by atoms with Gasteiger partial charge in [-0.2, -0.15) is 0 Å². The van der Waals surface area contributed by atoms with Crippen LogP contribution in [0, 0.1) is 12.8 Å². The van der Waals surface area contributed by atoms with E-state index in [9.17, 15) is 9.59 Å². The topological polar surface area (TPSA) is 81.3 Å². The molecule has 2 fully saturated rings. The number of amides is 2. The van der Waals surface area contributed by atoms with Crippen LogP contribution in [0.15, 0.2) is 60.8 Å². The highest BCUT2D eigenvalue weighted by atomic mass is 16.2. The summed E-state index contributed by atoms with van der Waals surface area (Å²) in [5.74, 6) is 1.23. The van der Waals surface area contributed by atoms with Crippen molar-refractivity contribution in [3.63, 3.8) is 0 Å². The van der Waals surface area contributed by atoms with Gasteiger partial charge in [-0.3, -0.25) is 14.5 Å². The highest BCUT2D eigenvalue weighted by Crippen LogP contribution is 2.36. The Hall–Kier alpha value is -3.45. The third kappa shape index (κ3) is 5.18. The minimum atomic E-state index is -0.813. The normalized spacial score (nSPS) is 20.0. The van der Waals surface area contributed by atoms with Crippen molar-refractivity contribution in [2.24, 2.45) is 5.92 Å². The quantitative estimate of drug-likeness (QED) is 0.508. The van der Waals surface area contributed by atoms with Crippen molar-refractivity contribution in [3.05, 3.63) is 77.6 Å². The number of benzene rings is 2. The predicted molar refractivity (Wildman–Crippen MR) is 144 cm³/mol. The van der Waals surface area contributed by atoms with Crippen LogP contribution in [-0.4, -0.2) is 56.3 Å². The van der Waals surface area contributed by atoms with Crippen molar-refractivity contribution in [2.75, 3.05) is 13.1 Å². The fourth-order valence-corrected chi connectivity index (χ4v) is 5.70. The summed E-state index contributed by atoms with van der Waals surface area (Å²) in [4.78, 5) is 39.7. The van der Waals surface area contributed by atoms with E-state index in [1.54, 1.807) is 0 Å². The van der Waals surface area contributed by atoms with Crippen molar-refractivity contribution in [2.45, 2.75) is 64.7 Å². The molecule has 5 rings (SSSR count). The molecular formula is C30H37N5O2. The lowest BCUT2D eigenvalue weighted by Gasteiger charge is -2.52. The van der Waals surface area contributed by atoms with E-state index in [4.69, 9.17) is 0 Å². The monoisotopic (exact) mass is 499 g/mol. The van der Waals surface area contributed by atoms with E-state index in [0.717, 1.165) is 47.8 Å². The molecule has 1 aromatic heterocycles. The van der Waals surface area contributed by atoms with Gasteiger partial charge >= 0.3 is 0 Å². The molecule has 1 atom stereocenters. The summed E-state index contributed by atoms with van der Waals surface area (Å²) in [6.45, 7) is 8.92. The number of hydrogen-bond acceptors (Lipinski definition) is 4. The van der Waals surface area contributed by atoms with E-state index in [0.29, 0.717) is 31.7 Å². The third-order valence-electron chi connectivity index (χ3n) is 7.86. The molecule has 3 aromatic rings. The third-order valence-corrected chi connectivity index (χ3v) is 7.86. The second kappa shape index (κ2) is 10.5. The van der Waals surface area contributed by atoms with Gasteiger partial charge in [0.15, 0.2) is 0 Å². The van der Waals surface area contributed by atoms with Gasteiger partial charge in [0.25, 0.3) is 0 Å². The summed E-state index contributed by atoms with van der Waals surface area (Å²) in [5, 5.41) is 3.11. The van der Waals surface area contributed by atoms with Gasteiger partial charge < -0.3 is 15.2 Å². The predicted octanol–water partition coefficient (Wildman–Crippen LogP) is 4.29. The molecule has 0 saturated carbocycles. The number of nitrogens with one attached hydrogen (secondary N) is 2. The first-order chi connectivity index (χ1) is 17.9. The van der Waals surface area contributed by atoms with E-state index in [1.807, 2.05) is 53.6 Å². The van der Waals surface area contributed by atoms with Crippen LogP contribution >= 0.6 is 0 Å². The maximum Gasteiger partial charge on any atom is 0.246 e. The first-order valence-electron chi connectivity index (χ1n) is 13.3. The number of piperazine rings is 1. The summed E-state index contributed by atoms with van der Waals surface area (Å²) < 4.78 is 0. The van der Waals surface area contributed by atoms with Crippen LogP contribution in [0.5, 0.6) is 0 Å². The summed E-state index contributed by atoms with van der Waals surface area (Å²) in [6.07, 6.45) is 3.78. The molecule has 3 heterocycles. The zero-order chi connectivity index (χ0) is 26.0. The zero-order valence-corrected chi connectivity index (χ0v) is 22.0. The highest BCUT2D eigenvalue weighted by Gasteiger charge is 2.53. The lowest BCUT2D eigenvalue weighted by Crippen LogP contribution is -2.72. The van der Waals surface area contributed by atoms with E-state index < -0.39 is 11.6 Å². The smallest absolute Gasteiger partial charge is 0.246 e. The molecule has 2 aromatic carbocycles. The Labute approximate surface area is 219 Å². The molecule has 2 aliphatic heterocycles. The average Bonchev–Trinajstić information content (AvgIpc) is 3.36. The van der Waals surface area contributed by atoms with Crippen molar-refractivity contribution in [3.8, 4) is 11.4 Å². The molecule has 0 aliphatic carbocycles. The van der Waals surface area contributed by atoms with Gasteiger partial charge in [-0.1, -0.05) is 68.4 Å². The first kappa shape index (κ1) is 25.2. The number of rotatable bonds is 7. The van der Waals surface area contributed by atoms with Gasteiger partial charge in [-0.25, -0.2) is 4.98 Å². The summed E-state index contributed by atoms with van der Waals surface area (Å²) >= 11 is 0. The number of piperidine rings is 1. The number of hydrogen-bond donors (Lipinski definition) is 2. The summed E-state index contributed by atoms with van der Waals surface area (Å²) in [6, 6.07) is 17.8. The van der Waals surface area contributed by atoms with Crippen LogP contribution < -0.4 is 5.32 Å². The molecule has 7 heteroatoms. The molecular weight excluding hydrogens is 462 g/mol. The number of likely N-dealkylation sites (tertiary alicyclic amines) is 1. The fraction of sp³-hybridized carbons (Fsp3) is 0.433. The molecule has 2 aliphatic rings. The number of nitrogens with zero attached hydrogens (tertiary/aromatic N) is 3. The van der Waals surface area contributed by atoms with Crippen LogP contribution in [0.2, 0.25) is 0 Å². The van der Waals surface area contributed by atoms with Gasteiger partial charge in [0.1, 0.15) is 17.4 Å². The zero-order valence-electron chi connectivity index (χ0n) is 22.0. The van der Waals surface area contributed by atoms with Crippen LogP contribution in [0.25, 0.3) is 11.4 Å². The molecule has 7 nitrogen and oxygen atoms in total. The Balaban J connectivity index is 1.33. The molecule has 1 unspecified atom stereocenters.